The molecular weight excluding hydrogens is 484 g/mol. The third-order valence-corrected chi connectivity index (χ3v) is 6.54. The molecule has 3 rings (SSSR count). The fraction of sp³-hybridized carbons (Fsp3) is 0.407. The van der Waals surface area contributed by atoms with Gasteiger partial charge in [-0.3, -0.25) is 10.1 Å². The molecule has 1 aromatic carbocycles. The average molecular weight is 517 g/mol. The molecule has 4 atom stereocenters. The summed E-state index contributed by atoms with van der Waals surface area (Å²) in [6.45, 7) is 5.67. The Hall–Kier alpha value is -3.07. The largest absolute Gasteiger partial charge is 0.495 e. The Labute approximate surface area is 216 Å². The van der Waals surface area contributed by atoms with Gasteiger partial charge in [0.05, 0.1) is 12.8 Å². The predicted molar refractivity (Wildman–Crippen MR) is 139 cm³/mol. The van der Waals surface area contributed by atoms with Gasteiger partial charge in [0.25, 0.3) is 0 Å². The molecule has 1 fully saturated rings. The summed E-state index contributed by atoms with van der Waals surface area (Å²) >= 11 is 6.44. The zero-order valence-corrected chi connectivity index (χ0v) is 21.9. The summed E-state index contributed by atoms with van der Waals surface area (Å²) in [5, 5.41) is 16.9. The topological polar surface area (TPSA) is 106 Å². The van der Waals surface area contributed by atoms with Gasteiger partial charge >= 0.3 is 6.09 Å². The van der Waals surface area contributed by atoms with Crippen molar-refractivity contribution in [1.82, 2.24) is 5.32 Å². The number of nitrogens with one attached hydrogen (secondary N) is 2. The first kappa shape index (κ1) is 27.5. The van der Waals surface area contributed by atoms with Crippen molar-refractivity contribution in [3.63, 3.8) is 0 Å². The second kappa shape index (κ2) is 11.8. The van der Waals surface area contributed by atoms with Gasteiger partial charge in [0, 0.05) is 25.5 Å². The number of hydrogen-bond donors (Lipinski definition) is 3. The Morgan fingerprint density at radius 3 is 2.64 bits per heavy atom. The fourth-order valence-electron chi connectivity index (χ4n) is 4.31. The van der Waals surface area contributed by atoms with Crippen molar-refractivity contribution in [3.8, 4) is 5.75 Å². The Kier molecular flexibility index (Phi) is 9.00. The van der Waals surface area contributed by atoms with Crippen LogP contribution in [0.25, 0.3) is 0 Å². The molecule has 1 aromatic rings. The number of carbonyl (C=O) groups is 2. The number of rotatable bonds is 2. The number of allylic oxidation sites excluding steroid dienone is 5. The lowest BCUT2D eigenvalue weighted by molar-refractivity contribution is -0.138. The van der Waals surface area contributed by atoms with Gasteiger partial charge in [0.1, 0.15) is 23.0 Å². The van der Waals surface area contributed by atoms with Crippen LogP contribution in [0.5, 0.6) is 5.75 Å². The number of methoxy groups -OCH3 is 2. The minimum Gasteiger partial charge on any atom is -0.495 e. The monoisotopic (exact) mass is 516 g/mol. The number of benzene rings is 1. The number of hydrogen-bond acceptors (Lipinski definition) is 6. The van der Waals surface area contributed by atoms with Crippen LogP contribution in [0.15, 0.2) is 59.7 Å². The Balaban J connectivity index is 2.04. The van der Waals surface area contributed by atoms with Crippen molar-refractivity contribution in [2.24, 2.45) is 5.92 Å². The van der Waals surface area contributed by atoms with Crippen LogP contribution in [0, 0.1) is 5.92 Å². The van der Waals surface area contributed by atoms with E-state index in [9.17, 15) is 14.7 Å². The lowest BCUT2D eigenvalue weighted by atomic mass is 9.89. The maximum Gasteiger partial charge on any atom is 0.409 e. The Bertz CT molecular complexity index is 1130. The second-order valence-corrected chi connectivity index (χ2v) is 9.56. The molecule has 36 heavy (non-hydrogen) atoms. The SMILES string of the molecule is COc1cc2cc(c1Cl)NC(=O)/C=C/C(C)=C/[C@H](C)[C@@H]1C[C@@](O)(NC(=O)O1)[C@H](OC)/C=C/C=C(\C)C2. The first-order chi connectivity index (χ1) is 17.0. The summed E-state index contributed by atoms with van der Waals surface area (Å²) in [7, 11) is 2.99. The summed E-state index contributed by atoms with van der Waals surface area (Å²) in [5.74, 6) is -0.135. The van der Waals surface area contributed by atoms with Crippen LogP contribution in [-0.4, -0.2) is 49.3 Å². The van der Waals surface area contributed by atoms with Gasteiger partial charge in [-0.15, -0.1) is 0 Å². The van der Waals surface area contributed by atoms with E-state index in [2.05, 4.69) is 10.6 Å². The van der Waals surface area contributed by atoms with Crippen molar-refractivity contribution in [2.45, 2.75) is 51.5 Å². The summed E-state index contributed by atoms with van der Waals surface area (Å²) < 4.78 is 16.4. The van der Waals surface area contributed by atoms with Gasteiger partial charge < -0.3 is 24.6 Å². The average Bonchev–Trinajstić information content (AvgIpc) is 2.81. The molecule has 0 radical (unpaired) electrons. The molecule has 2 aliphatic heterocycles. The number of alkyl carbamates (subject to hydrolysis) is 1. The quantitative estimate of drug-likeness (QED) is 0.526. The number of carbonyl (C=O) groups excluding carboxylic acids is 2. The van der Waals surface area contributed by atoms with Gasteiger partial charge in [-0.1, -0.05) is 60.1 Å². The van der Waals surface area contributed by atoms with Crippen LogP contribution < -0.4 is 15.4 Å². The summed E-state index contributed by atoms with van der Waals surface area (Å²) in [6.07, 6.45) is 8.86. The van der Waals surface area contributed by atoms with Crippen molar-refractivity contribution in [2.75, 3.05) is 19.5 Å². The van der Waals surface area contributed by atoms with Crippen LogP contribution in [0.3, 0.4) is 0 Å². The molecule has 9 heteroatoms. The van der Waals surface area contributed by atoms with Crippen LogP contribution in [0.1, 0.15) is 32.8 Å². The highest BCUT2D eigenvalue weighted by molar-refractivity contribution is 6.35. The van der Waals surface area contributed by atoms with E-state index < -0.39 is 24.0 Å². The number of amides is 2. The van der Waals surface area contributed by atoms with Gasteiger partial charge in [0.2, 0.25) is 5.91 Å². The molecule has 0 saturated carbocycles. The number of ether oxygens (including phenoxy) is 3. The third-order valence-electron chi connectivity index (χ3n) is 6.15. The highest BCUT2D eigenvalue weighted by Gasteiger charge is 2.45. The van der Waals surface area contributed by atoms with Crippen LogP contribution in [0.4, 0.5) is 10.5 Å². The van der Waals surface area contributed by atoms with Crippen molar-refractivity contribution < 1.29 is 28.9 Å². The van der Waals surface area contributed by atoms with E-state index in [1.54, 1.807) is 18.2 Å². The molecule has 0 aliphatic carbocycles. The van der Waals surface area contributed by atoms with Crippen molar-refractivity contribution in [1.29, 1.82) is 0 Å². The summed E-state index contributed by atoms with van der Waals surface area (Å²) in [4.78, 5) is 24.9. The first-order valence-electron chi connectivity index (χ1n) is 11.7. The van der Waals surface area contributed by atoms with Gasteiger partial charge in [0.15, 0.2) is 5.72 Å². The maximum atomic E-state index is 12.6. The summed E-state index contributed by atoms with van der Waals surface area (Å²) in [5.41, 5.74) is 1.47. The first-order valence-corrected chi connectivity index (χ1v) is 12.0. The smallest absolute Gasteiger partial charge is 0.409 e. The molecule has 3 N–H and O–H groups in total. The van der Waals surface area contributed by atoms with Gasteiger partial charge in [-0.05, 0) is 38.0 Å². The van der Waals surface area contributed by atoms with Gasteiger partial charge in [-0.25, -0.2) is 4.79 Å². The number of fused-ring (bicyclic) bond motifs is 4. The highest BCUT2D eigenvalue weighted by atomic mass is 35.5. The van der Waals surface area contributed by atoms with E-state index in [4.69, 9.17) is 25.8 Å². The van der Waals surface area contributed by atoms with E-state index in [0.717, 1.165) is 16.7 Å². The van der Waals surface area contributed by atoms with E-state index in [1.807, 2.05) is 45.1 Å². The molecule has 2 aliphatic rings. The molecule has 0 aromatic heterocycles. The van der Waals surface area contributed by atoms with Gasteiger partial charge in [-0.2, -0.15) is 0 Å². The minimum atomic E-state index is -1.65. The minimum absolute atomic E-state index is 0.115. The molecule has 0 spiro atoms. The summed E-state index contributed by atoms with van der Waals surface area (Å²) in [6, 6.07) is 3.64. The fourth-order valence-corrected chi connectivity index (χ4v) is 4.55. The van der Waals surface area contributed by atoms with Crippen LogP contribution in [-0.2, 0) is 20.7 Å². The number of halogens is 1. The molecule has 4 bridgehead atoms. The molecule has 2 heterocycles. The number of anilines is 1. The molecule has 2 amide bonds. The number of aliphatic hydroxyl groups is 1. The Morgan fingerprint density at radius 1 is 1.19 bits per heavy atom. The normalized spacial score (nSPS) is 32.0. The van der Waals surface area contributed by atoms with Crippen molar-refractivity contribution in [3.05, 3.63) is 70.3 Å². The molecule has 194 valence electrons. The third kappa shape index (κ3) is 6.78. The molecule has 0 unspecified atom stereocenters. The predicted octanol–water partition coefficient (Wildman–Crippen LogP) is 4.69. The molecular formula is C27H33ClN2O6. The van der Waals surface area contributed by atoms with E-state index >= 15 is 0 Å². The second-order valence-electron chi connectivity index (χ2n) is 9.18. The van der Waals surface area contributed by atoms with E-state index in [-0.39, 0.29) is 18.2 Å². The molecule has 8 nitrogen and oxygen atoms in total. The van der Waals surface area contributed by atoms with Crippen molar-refractivity contribution >= 4 is 29.3 Å². The lowest BCUT2D eigenvalue weighted by Gasteiger charge is -2.41. The Morgan fingerprint density at radius 2 is 1.94 bits per heavy atom. The molecule has 1 saturated heterocycles. The standard InChI is InChI=1S/C27H33ClN2O6/c1-16-7-6-8-23(35-5)27(33)15-22(36-26(32)30-27)18(3)11-17(2)9-10-24(31)29-20-13-19(12-16)14-21(34-4)25(20)28/h6-11,13-14,18,22-23,33H,12,15H2,1-5H3,(H,29,31)(H,30,32)/b8-6+,10-9+,16-7+,17-11+/t18-,22-,23+,27-/m0/s1. The lowest BCUT2D eigenvalue weighted by Crippen LogP contribution is -2.63. The van der Waals surface area contributed by atoms with Crippen LogP contribution >= 0.6 is 11.6 Å². The van der Waals surface area contributed by atoms with E-state index in [0.29, 0.717) is 22.9 Å². The van der Waals surface area contributed by atoms with E-state index in [1.165, 1.54) is 20.3 Å². The zero-order valence-electron chi connectivity index (χ0n) is 21.1. The highest BCUT2D eigenvalue weighted by Crippen LogP contribution is 2.35. The van der Waals surface area contributed by atoms with Crippen LogP contribution in [0.2, 0.25) is 5.02 Å². The maximum absolute atomic E-state index is 12.6. The zero-order chi connectivity index (χ0) is 26.5.